The number of fused-ring (bicyclic) bond motifs is 1. The molecule has 2 rings (SSSR count). The van der Waals surface area contributed by atoms with Crippen LogP contribution in [0, 0.1) is 6.92 Å². The monoisotopic (exact) mass is 189 g/mol. The van der Waals surface area contributed by atoms with E-state index < -0.39 is 0 Å². The Labute approximate surface area is 83.3 Å². The van der Waals surface area contributed by atoms with Gasteiger partial charge in [-0.05, 0) is 30.0 Å². The van der Waals surface area contributed by atoms with E-state index in [0.29, 0.717) is 11.7 Å². The van der Waals surface area contributed by atoms with E-state index in [0.717, 1.165) is 10.9 Å². The van der Waals surface area contributed by atoms with Crippen LogP contribution in [0.3, 0.4) is 0 Å². The number of aromatic amines is 1. The number of nitrogens with one attached hydrogen (secondary N) is 1. The minimum Gasteiger partial charge on any atom is -0.382 e. The molecule has 0 bridgehead atoms. The van der Waals surface area contributed by atoms with Gasteiger partial charge in [0.05, 0.1) is 5.52 Å². The molecule has 1 aromatic heterocycles. The van der Waals surface area contributed by atoms with E-state index >= 15 is 0 Å². The van der Waals surface area contributed by atoms with Crippen LogP contribution in [-0.2, 0) is 0 Å². The van der Waals surface area contributed by atoms with Crippen molar-refractivity contribution in [2.24, 2.45) is 0 Å². The maximum atomic E-state index is 5.75. The summed E-state index contributed by atoms with van der Waals surface area (Å²) in [4.78, 5) is 0. The van der Waals surface area contributed by atoms with E-state index in [1.807, 2.05) is 6.07 Å². The second-order valence-electron chi connectivity index (χ2n) is 3.98. The molecule has 3 heteroatoms. The molecule has 0 atom stereocenters. The molecule has 0 spiro atoms. The number of aromatic nitrogens is 2. The highest BCUT2D eigenvalue weighted by molar-refractivity contribution is 5.91. The Bertz CT molecular complexity index is 469. The molecule has 14 heavy (non-hydrogen) atoms. The fourth-order valence-corrected chi connectivity index (χ4v) is 1.98. The van der Waals surface area contributed by atoms with E-state index in [9.17, 15) is 0 Å². The zero-order chi connectivity index (χ0) is 10.3. The van der Waals surface area contributed by atoms with Crippen LogP contribution in [0.15, 0.2) is 12.1 Å². The van der Waals surface area contributed by atoms with Gasteiger partial charge in [-0.2, -0.15) is 5.10 Å². The summed E-state index contributed by atoms with van der Waals surface area (Å²) < 4.78 is 0. The molecule has 0 aliphatic rings. The highest BCUT2D eigenvalue weighted by Gasteiger charge is 2.11. The molecule has 0 saturated carbocycles. The van der Waals surface area contributed by atoms with Crippen LogP contribution >= 0.6 is 0 Å². The number of rotatable bonds is 1. The van der Waals surface area contributed by atoms with E-state index in [2.05, 4.69) is 37.0 Å². The topological polar surface area (TPSA) is 54.7 Å². The van der Waals surface area contributed by atoms with Gasteiger partial charge >= 0.3 is 0 Å². The molecule has 1 aromatic carbocycles. The molecule has 2 aromatic rings. The number of H-pyrrole nitrogens is 1. The van der Waals surface area contributed by atoms with Crippen LogP contribution in [-0.4, -0.2) is 10.2 Å². The van der Waals surface area contributed by atoms with Gasteiger partial charge in [0.15, 0.2) is 5.82 Å². The summed E-state index contributed by atoms with van der Waals surface area (Å²) >= 11 is 0. The summed E-state index contributed by atoms with van der Waals surface area (Å²) in [5.74, 6) is 1.07. The van der Waals surface area contributed by atoms with Crippen molar-refractivity contribution in [3.8, 4) is 0 Å². The highest BCUT2D eigenvalue weighted by atomic mass is 15.1. The third kappa shape index (κ3) is 1.16. The number of nitrogen functional groups attached to an aromatic ring is 1. The molecule has 0 saturated heterocycles. The molecule has 3 nitrogen and oxygen atoms in total. The Morgan fingerprint density at radius 3 is 2.71 bits per heavy atom. The van der Waals surface area contributed by atoms with Gasteiger partial charge in [-0.1, -0.05) is 19.9 Å². The molecule has 74 valence electrons. The summed E-state index contributed by atoms with van der Waals surface area (Å²) in [6.45, 7) is 6.48. The summed E-state index contributed by atoms with van der Waals surface area (Å²) in [7, 11) is 0. The van der Waals surface area contributed by atoms with Crippen LogP contribution in [0.25, 0.3) is 10.9 Å². The minimum atomic E-state index is 0.485. The van der Waals surface area contributed by atoms with Gasteiger partial charge in [0.2, 0.25) is 0 Å². The molecule has 0 aliphatic carbocycles. The predicted octanol–water partition coefficient (Wildman–Crippen LogP) is 2.58. The number of benzene rings is 1. The molecular formula is C11H15N3. The van der Waals surface area contributed by atoms with Gasteiger partial charge in [-0.15, -0.1) is 0 Å². The van der Waals surface area contributed by atoms with E-state index in [4.69, 9.17) is 5.73 Å². The number of hydrogen-bond acceptors (Lipinski definition) is 2. The Hall–Kier alpha value is -1.51. The standard InChI is InChI=1S/C11H15N3/c1-6(2)9-7(3)4-5-8-10(9)13-14-11(8)12/h4-6H,1-3H3,(H3,12,13,14). The second kappa shape index (κ2) is 3.01. The molecule has 0 aliphatic heterocycles. The van der Waals surface area contributed by atoms with Crippen molar-refractivity contribution < 1.29 is 0 Å². The van der Waals surface area contributed by atoms with Gasteiger partial charge < -0.3 is 5.73 Å². The second-order valence-corrected chi connectivity index (χ2v) is 3.98. The molecule has 0 radical (unpaired) electrons. The number of nitrogens with zero attached hydrogens (tertiary/aromatic N) is 1. The first kappa shape index (κ1) is 9.06. The Morgan fingerprint density at radius 1 is 1.36 bits per heavy atom. The van der Waals surface area contributed by atoms with E-state index in [1.165, 1.54) is 11.1 Å². The first-order valence-corrected chi connectivity index (χ1v) is 4.84. The molecule has 0 fully saturated rings. The van der Waals surface area contributed by atoms with Gasteiger partial charge in [0.25, 0.3) is 0 Å². The van der Waals surface area contributed by atoms with Crippen molar-refractivity contribution in [3.05, 3.63) is 23.3 Å². The molecule has 3 N–H and O–H groups in total. The lowest BCUT2D eigenvalue weighted by Gasteiger charge is -2.10. The lowest BCUT2D eigenvalue weighted by molar-refractivity contribution is 0.861. The third-order valence-corrected chi connectivity index (χ3v) is 2.60. The number of hydrogen-bond donors (Lipinski definition) is 2. The van der Waals surface area contributed by atoms with Gasteiger partial charge in [-0.3, -0.25) is 5.10 Å². The predicted molar refractivity (Wildman–Crippen MR) is 59.3 cm³/mol. The first-order valence-electron chi connectivity index (χ1n) is 4.84. The Morgan fingerprint density at radius 2 is 2.07 bits per heavy atom. The zero-order valence-electron chi connectivity index (χ0n) is 8.76. The van der Waals surface area contributed by atoms with Crippen molar-refractivity contribution in [1.29, 1.82) is 0 Å². The number of anilines is 1. The lowest BCUT2D eigenvalue weighted by atomic mass is 9.95. The van der Waals surface area contributed by atoms with Gasteiger partial charge in [-0.25, -0.2) is 0 Å². The first-order chi connectivity index (χ1) is 6.61. The summed E-state index contributed by atoms with van der Waals surface area (Å²) in [5.41, 5.74) is 9.43. The Balaban J connectivity index is 2.83. The largest absolute Gasteiger partial charge is 0.382 e. The number of nitrogens with two attached hydrogens (primary N) is 1. The Kier molecular flexibility index (Phi) is 1.95. The highest BCUT2D eigenvalue weighted by Crippen LogP contribution is 2.29. The summed E-state index contributed by atoms with van der Waals surface area (Å²) in [5, 5.41) is 8.06. The minimum absolute atomic E-state index is 0.485. The quantitative estimate of drug-likeness (QED) is 0.724. The van der Waals surface area contributed by atoms with Crippen molar-refractivity contribution >= 4 is 16.7 Å². The zero-order valence-corrected chi connectivity index (χ0v) is 8.76. The van der Waals surface area contributed by atoms with Crippen LogP contribution in [0.1, 0.15) is 30.9 Å². The maximum Gasteiger partial charge on any atom is 0.153 e. The molecule has 0 amide bonds. The fourth-order valence-electron chi connectivity index (χ4n) is 1.98. The third-order valence-electron chi connectivity index (χ3n) is 2.60. The van der Waals surface area contributed by atoms with Crippen LogP contribution < -0.4 is 5.73 Å². The van der Waals surface area contributed by atoms with E-state index in [-0.39, 0.29) is 0 Å². The van der Waals surface area contributed by atoms with Crippen molar-refractivity contribution in [2.45, 2.75) is 26.7 Å². The average Bonchev–Trinajstić information content (AvgIpc) is 2.47. The van der Waals surface area contributed by atoms with Crippen molar-refractivity contribution in [1.82, 2.24) is 10.2 Å². The fraction of sp³-hybridized carbons (Fsp3) is 0.364. The molecular weight excluding hydrogens is 174 g/mol. The van der Waals surface area contributed by atoms with Gasteiger partial charge in [0, 0.05) is 5.39 Å². The van der Waals surface area contributed by atoms with Crippen LogP contribution in [0.2, 0.25) is 0 Å². The van der Waals surface area contributed by atoms with Crippen molar-refractivity contribution in [2.75, 3.05) is 5.73 Å². The smallest absolute Gasteiger partial charge is 0.153 e. The van der Waals surface area contributed by atoms with Crippen LogP contribution in [0.5, 0.6) is 0 Å². The van der Waals surface area contributed by atoms with Crippen LogP contribution in [0.4, 0.5) is 5.82 Å². The maximum absolute atomic E-state index is 5.75. The normalized spacial score (nSPS) is 11.4. The SMILES string of the molecule is Cc1ccc2c(N)n[nH]c2c1C(C)C. The van der Waals surface area contributed by atoms with Crippen molar-refractivity contribution in [3.63, 3.8) is 0 Å². The van der Waals surface area contributed by atoms with E-state index in [1.54, 1.807) is 0 Å². The average molecular weight is 189 g/mol. The van der Waals surface area contributed by atoms with Gasteiger partial charge in [0.1, 0.15) is 0 Å². The molecule has 1 heterocycles. The summed E-state index contributed by atoms with van der Waals surface area (Å²) in [6, 6.07) is 4.12. The number of aryl methyl sites for hydroxylation is 1. The molecule has 0 unspecified atom stereocenters. The summed E-state index contributed by atoms with van der Waals surface area (Å²) in [6.07, 6.45) is 0. The lowest BCUT2D eigenvalue weighted by Crippen LogP contribution is -1.93.